The van der Waals surface area contributed by atoms with E-state index in [0.717, 1.165) is 11.1 Å². The summed E-state index contributed by atoms with van der Waals surface area (Å²) < 4.78 is 0. The first-order valence-electron chi connectivity index (χ1n) is 9.23. The highest BCUT2D eigenvalue weighted by molar-refractivity contribution is 5.95. The Morgan fingerprint density at radius 1 is 1.10 bits per heavy atom. The van der Waals surface area contributed by atoms with Crippen molar-refractivity contribution in [1.82, 2.24) is 5.32 Å². The van der Waals surface area contributed by atoms with E-state index in [1.54, 1.807) is 49.5 Å². The number of hydrogen-bond acceptors (Lipinski definition) is 7. The van der Waals surface area contributed by atoms with Gasteiger partial charge in [-0.15, -0.1) is 0 Å². The third-order valence-electron chi connectivity index (χ3n) is 5.71. The van der Waals surface area contributed by atoms with Gasteiger partial charge in [-0.1, -0.05) is 36.4 Å². The van der Waals surface area contributed by atoms with Crippen molar-refractivity contribution in [3.8, 4) is 11.1 Å². The van der Waals surface area contributed by atoms with E-state index in [4.69, 9.17) is 0 Å². The lowest BCUT2D eigenvalue weighted by molar-refractivity contribution is -0.312. The van der Waals surface area contributed by atoms with Crippen molar-refractivity contribution in [3.63, 3.8) is 0 Å². The molecule has 1 amide bonds. The summed E-state index contributed by atoms with van der Waals surface area (Å²) >= 11 is 0. The van der Waals surface area contributed by atoms with E-state index in [1.807, 2.05) is 6.07 Å². The van der Waals surface area contributed by atoms with Gasteiger partial charge in [-0.25, -0.2) is 0 Å². The maximum absolute atomic E-state index is 11.8. The first kappa shape index (κ1) is 21.4. The van der Waals surface area contributed by atoms with Crippen LogP contribution in [-0.2, 0) is 0 Å². The Kier molecular flexibility index (Phi) is 6.04. The molecule has 156 valence electrons. The van der Waals surface area contributed by atoms with E-state index < -0.39 is 42.5 Å². The molecular weight excluding hydrogens is 378 g/mol. The van der Waals surface area contributed by atoms with E-state index in [2.05, 4.69) is 5.32 Å². The molecule has 3 rings (SSSR count). The third kappa shape index (κ3) is 3.55. The quantitative estimate of drug-likeness (QED) is 0.333. The molecule has 2 aromatic carbocycles. The minimum absolute atomic E-state index is 0.213. The van der Waals surface area contributed by atoms with Crippen molar-refractivity contribution in [3.05, 3.63) is 59.7 Å². The molecule has 5 unspecified atom stereocenters. The zero-order chi connectivity index (χ0) is 21.3. The van der Waals surface area contributed by atoms with Crippen LogP contribution in [0.3, 0.4) is 0 Å². The molecule has 0 aliphatic heterocycles. The van der Waals surface area contributed by atoms with Crippen molar-refractivity contribution < 1.29 is 35.4 Å². The number of carbonyl (C=O) groups excluding carboxylic acids is 1. The molecule has 1 saturated carbocycles. The van der Waals surface area contributed by atoms with Gasteiger partial charge in [-0.3, -0.25) is 4.79 Å². The molecule has 8 nitrogen and oxygen atoms in total. The summed E-state index contributed by atoms with van der Waals surface area (Å²) in [6.07, 6.45) is -6.44. The van der Waals surface area contributed by atoms with E-state index in [9.17, 15) is 35.4 Å². The van der Waals surface area contributed by atoms with E-state index in [0.29, 0.717) is 5.56 Å². The van der Waals surface area contributed by atoms with Crippen molar-refractivity contribution in [2.24, 2.45) is 5.92 Å². The van der Waals surface area contributed by atoms with E-state index >= 15 is 0 Å². The molecular formula is C21H25NO7. The standard InChI is InChI=1S/C21H25NO7/c1-22-20(28)14-4-2-3-13(9-14)11-5-7-12(8-6-11)16(24)18(26)21(29)15(10-23)17(25)19(21)27/h2-9,15-19,23-27,29H,10H2,1H3,(H,22,28)/t15?,16-,17?,18?,19?,21?/m1/s1. The highest BCUT2D eigenvalue weighted by Gasteiger charge is 2.65. The number of amides is 1. The van der Waals surface area contributed by atoms with Crippen LogP contribution < -0.4 is 5.32 Å². The Morgan fingerprint density at radius 3 is 2.34 bits per heavy atom. The Bertz CT molecular complexity index is 872. The summed E-state index contributed by atoms with van der Waals surface area (Å²) in [6.45, 7) is -0.654. The van der Waals surface area contributed by atoms with Gasteiger partial charge in [0.2, 0.25) is 0 Å². The van der Waals surface area contributed by atoms with Crippen molar-refractivity contribution in [2.75, 3.05) is 13.7 Å². The Balaban J connectivity index is 1.81. The lowest BCUT2D eigenvalue weighted by atomic mass is 9.60. The van der Waals surface area contributed by atoms with Crippen molar-refractivity contribution in [1.29, 1.82) is 0 Å². The molecule has 6 atom stereocenters. The van der Waals surface area contributed by atoms with Gasteiger partial charge in [0.25, 0.3) is 5.91 Å². The predicted octanol–water partition coefficient (Wildman–Crippen LogP) is -0.818. The summed E-state index contributed by atoms with van der Waals surface area (Å²) in [5, 5.41) is 62.8. The second-order valence-electron chi connectivity index (χ2n) is 7.28. The molecule has 7 N–H and O–H groups in total. The molecule has 0 bridgehead atoms. The second kappa shape index (κ2) is 8.19. The van der Waals surface area contributed by atoms with Crippen LogP contribution in [0.2, 0.25) is 0 Å². The molecule has 1 aliphatic rings. The minimum Gasteiger partial charge on any atom is -0.396 e. The van der Waals surface area contributed by atoms with E-state index in [1.165, 1.54) is 0 Å². The molecule has 0 spiro atoms. The van der Waals surface area contributed by atoms with Gasteiger partial charge in [-0.05, 0) is 28.8 Å². The van der Waals surface area contributed by atoms with Crippen LogP contribution in [0.1, 0.15) is 22.0 Å². The number of rotatable bonds is 6. The zero-order valence-electron chi connectivity index (χ0n) is 15.8. The predicted molar refractivity (Wildman–Crippen MR) is 104 cm³/mol. The van der Waals surface area contributed by atoms with E-state index in [-0.39, 0.29) is 11.5 Å². The van der Waals surface area contributed by atoms with Crippen LogP contribution in [0.25, 0.3) is 11.1 Å². The number of nitrogens with one attached hydrogen (secondary N) is 1. The topological polar surface area (TPSA) is 150 Å². The Hall–Kier alpha value is -2.33. The first-order chi connectivity index (χ1) is 13.7. The average Bonchev–Trinajstić information content (AvgIpc) is 2.77. The zero-order valence-corrected chi connectivity index (χ0v) is 15.8. The summed E-state index contributed by atoms with van der Waals surface area (Å²) in [6, 6.07) is 13.5. The van der Waals surface area contributed by atoms with Crippen LogP contribution in [0.5, 0.6) is 0 Å². The SMILES string of the molecule is CNC(=O)c1cccc(-c2ccc([C@@H](O)C(O)C3(O)C(O)C(O)C3CO)cc2)c1. The monoisotopic (exact) mass is 403 g/mol. The lowest BCUT2D eigenvalue weighted by Crippen LogP contribution is -2.76. The summed E-state index contributed by atoms with van der Waals surface area (Å²) in [5.41, 5.74) is 0.104. The number of aliphatic hydroxyl groups excluding tert-OH is 5. The van der Waals surface area contributed by atoms with Crippen LogP contribution in [0.15, 0.2) is 48.5 Å². The second-order valence-corrected chi connectivity index (χ2v) is 7.28. The first-order valence-corrected chi connectivity index (χ1v) is 9.23. The number of hydrogen-bond donors (Lipinski definition) is 7. The van der Waals surface area contributed by atoms with Gasteiger partial charge in [0, 0.05) is 18.5 Å². The maximum Gasteiger partial charge on any atom is 0.251 e. The van der Waals surface area contributed by atoms with Gasteiger partial charge in [0.15, 0.2) is 0 Å². The van der Waals surface area contributed by atoms with Gasteiger partial charge in [0.05, 0.1) is 12.7 Å². The van der Waals surface area contributed by atoms with Gasteiger partial charge >= 0.3 is 0 Å². The highest BCUT2D eigenvalue weighted by Crippen LogP contribution is 2.44. The molecule has 0 radical (unpaired) electrons. The van der Waals surface area contributed by atoms with Crippen LogP contribution in [0, 0.1) is 5.92 Å². The lowest BCUT2D eigenvalue weighted by Gasteiger charge is -2.55. The number of benzene rings is 2. The Labute approximate surface area is 167 Å². The molecule has 0 aromatic heterocycles. The number of aliphatic hydroxyl groups is 6. The van der Waals surface area contributed by atoms with Crippen LogP contribution in [0.4, 0.5) is 0 Å². The van der Waals surface area contributed by atoms with Gasteiger partial charge in [0.1, 0.15) is 23.9 Å². The average molecular weight is 403 g/mol. The van der Waals surface area contributed by atoms with Gasteiger partial charge < -0.3 is 36.0 Å². The third-order valence-corrected chi connectivity index (χ3v) is 5.71. The maximum atomic E-state index is 11.8. The summed E-state index contributed by atoms with van der Waals surface area (Å²) in [5.74, 6) is -1.39. The fourth-order valence-electron chi connectivity index (χ4n) is 3.81. The fraction of sp³-hybridized carbons (Fsp3) is 0.381. The molecule has 1 aliphatic carbocycles. The molecule has 2 aromatic rings. The molecule has 0 heterocycles. The molecule has 8 heteroatoms. The molecule has 0 saturated heterocycles. The normalized spacial score (nSPS) is 28.3. The summed E-state index contributed by atoms with van der Waals surface area (Å²) in [4.78, 5) is 11.8. The molecule has 29 heavy (non-hydrogen) atoms. The fourth-order valence-corrected chi connectivity index (χ4v) is 3.81. The van der Waals surface area contributed by atoms with Crippen molar-refractivity contribution >= 4 is 5.91 Å². The Morgan fingerprint density at radius 2 is 1.76 bits per heavy atom. The number of carbonyl (C=O) groups is 1. The van der Waals surface area contributed by atoms with Gasteiger partial charge in [-0.2, -0.15) is 0 Å². The summed E-state index contributed by atoms with van der Waals surface area (Å²) in [7, 11) is 1.55. The van der Waals surface area contributed by atoms with Crippen molar-refractivity contribution in [2.45, 2.75) is 30.0 Å². The minimum atomic E-state index is -2.23. The molecule has 1 fully saturated rings. The smallest absolute Gasteiger partial charge is 0.251 e. The van der Waals surface area contributed by atoms with Crippen LogP contribution in [-0.4, -0.2) is 74.1 Å². The highest BCUT2D eigenvalue weighted by atomic mass is 16.4. The largest absolute Gasteiger partial charge is 0.396 e. The van der Waals surface area contributed by atoms with Crippen LogP contribution >= 0.6 is 0 Å².